The van der Waals surface area contributed by atoms with Crippen LogP contribution in [0.2, 0.25) is 5.02 Å². The molecule has 0 aliphatic carbocycles. The van der Waals surface area contributed by atoms with Crippen LogP contribution in [0.4, 0.5) is 4.39 Å². The Morgan fingerprint density at radius 1 is 1.56 bits per heavy atom. The Kier molecular flexibility index (Phi) is 4.95. The second-order valence-electron chi connectivity index (χ2n) is 4.49. The lowest BCUT2D eigenvalue weighted by atomic mass is 10.1. The van der Waals surface area contributed by atoms with Crippen molar-refractivity contribution in [1.29, 1.82) is 0 Å². The van der Waals surface area contributed by atoms with Crippen LogP contribution in [0.5, 0.6) is 0 Å². The van der Waals surface area contributed by atoms with Crippen LogP contribution in [0.15, 0.2) is 18.2 Å². The van der Waals surface area contributed by atoms with E-state index in [4.69, 9.17) is 16.3 Å². The van der Waals surface area contributed by atoms with Crippen LogP contribution in [0.3, 0.4) is 0 Å². The zero-order valence-electron chi connectivity index (χ0n) is 10.5. The monoisotopic (exact) mass is 272 g/mol. The van der Waals surface area contributed by atoms with Crippen molar-refractivity contribution in [3.8, 4) is 0 Å². The van der Waals surface area contributed by atoms with Crippen molar-refractivity contribution in [3.05, 3.63) is 34.6 Å². The fourth-order valence-electron chi connectivity index (χ4n) is 2.20. The first-order valence-electron chi connectivity index (χ1n) is 6.11. The van der Waals surface area contributed by atoms with Crippen molar-refractivity contribution in [3.63, 3.8) is 0 Å². The van der Waals surface area contributed by atoms with Gasteiger partial charge in [-0.2, -0.15) is 0 Å². The minimum Gasteiger partial charge on any atom is -0.378 e. The molecule has 0 amide bonds. The number of ether oxygens (including phenoxy) is 1. The van der Waals surface area contributed by atoms with Gasteiger partial charge in [-0.25, -0.2) is 4.39 Å². The predicted octanol–water partition coefficient (Wildman–Crippen LogP) is 1.90. The number of hydrogen-bond acceptors (Lipinski definition) is 3. The van der Waals surface area contributed by atoms with E-state index in [0.29, 0.717) is 30.8 Å². The van der Waals surface area contributed by atoms with Gasteiger partial charge in [-0.3, -0.25) is 4.90 Å². The van der Waals surface area contributed by atoms with Gasteiger partial charge in [0.2, 0.25) is 0 Å². The summed E-state index contributed by atoms with van der Waals surface area (Å²) in [4.78, 5) is 2.28. The summed E-state index contributed by atoms with van der Waals surface area (Å²) < 4.78 is 18.7. The topological polar surface area (TPSA) is 24.5 Å². The molecular formula is C13H18ClFN2O. The number of hydrogen-bond donors (Lipinski definition) is 1. The van der Waals surface area contributed by atoms with Gasteiger partial charge >= 0.3 is 0 Å². The highest BCUT2D eigenvalue weighted by Gasteiger charge is 2.23. The molecule has 0 saturated carbocycles. The van der Waals surface area contributed by atoms with Gasteiger partial charge in [0.05, 0.1) is 13.2 Å². The molecule has 1 atom stereocenters. The molecule has 1 aliphatic heterocycles. The highest BCUT2D eigenvalue weighted by atomic mass is 35.5. The first-order valence-corrected chi connectivity index (χ1v) is 6.49. The van der Waals surface area contributed by atoms with Gasteiger partial charge in [-0.15, -0.1) is 0 Å². The van der Waals surface area contributed by atoms with Gasteiger partial charge < -0.3 is 10.1 Å². The van der Waals surface area contributed by atoms with Gasteiger partial charge in [-0.1, -0.05) is 11.6 Å². The Morgan fingerprint density at radius 2 is 2.39 bits per heavy atom. The lowest BCUT2D eigenvalue weighted by Crippen LogP contribution is -2.49. The Morgan fingerprint density at radius 3 is 3.17 bits per heavy atom. The second-order valence-corrected chi connectivity index (χ2v) is 4.90. The number of rotatable bonds is 4. The van der Waals surface area contributed by atoms with Crippen LogP contribution < -0.4 is 5.32 Å². The number of morpholine rings is 1. The molecular weight excluding hydrogens is 255 g/mol. The molecule has 1 aromatic rings. The lowest BCUT2D eigenvalue weighted by molar-refractivity contribution is -0.0103. The lowest BCUT2D eigenvalue weighted by Gasteiger charge is -2.35. The third-order valence-electron chi connectivity index (χ3n) is 3.17. The minimum absolute atomic E-state index is 0.243. The molecule has 1 aromatic carbocycles. The zero-order chi connectivity index (χ0) is 13.0. The van der Waals surface area contributed by atoms with E-state index in [0.717, 1.165) is 18.7 Å². The summed E-state index contributed by atoms with van der Waals surface area (Å²) in [6.07, 6.45) is 0. The van der Waals surface area contributed by atoms with E-state index >= 15 is 0 Å². The summed E-state index contributed by atoms with van der Waals surface area (Å²) in [5, 5.41) is 3.77. The molecule has 1 aliphatic rings. The molecule has 1 fully saturated rings. The summed E-state index contributed by atoms with van der Waals surface area (Å²) in [6, 6.07) is 4.81. The number of nitrogens with one attached hydrogen (secondary N) is 1. The Bertz CT molecular complexity index is 401. The van der Waals surface area contributed by atoms with Crippen molar-refractivity contribution in [2.24, 2.45) is 0 Å². The van der Waals surface area contributed by atoms with Crippen molar-refractivity contribution < 1.29 is 9.13 Å². The number of halogens is 2. The fourth-order valence-corrected chi connectivity index (χ4v) is 2.38. The van der Waals surface area contributed by atoms with Gasteiger partial charge in [0.15, 0.2) is 0 Å². The molecule has 3 nitrogen and oxygen atoms in total. The quantitative estimate of drug-likeness (QED) is 0.906. The molecule has 100 valence electrons. The molecule has 0 bridgehead atoms. The Hall–Kier alpha value is -0.680. The van der Waals surface area contributed by atoms with Gasteiger partial charge in [0, 0.05) is 30.7 Å². The molecule has 0 aromatic heterocycles. The highest BCUT2D eigenvalue weighted by Crippen LogP contribution is 2.20. The Balaban J connectivity index is 2.08. The van der Waals surface area contributed by atoms with Crippen LogP contribution in [-0.4, -0.2) is 44.3 Å². The third-order valence-corrected chi connectivity index (χ3v) is 3.54. The summed E-state index contributed by atoms with van der Waals surface area (Å²) in [7, 11) is 1.92. The van der Waals surface area contributed by atoms with E-state index in [1.807, 2.05) is 7.05 Å². The van der Waals surface area contributed by atoms with Crippen molar-refractivity contribution in [2.45, 2.75) is 12.6 Å². The van der Waals surface area contributed by atoms with Crippen molar-refractivity contribution >= 4 is 11.6 Å². The van der Waals surface area contributed by atoms with E-state index < -0.39 is 0 Å². The Labute approximate surface area is 112 Å². The van der Waals surface area contributed by atoms with Crippen molar-refractivity contribution in [2.75, 3.05) is 33.4 Å². The number of nitrogens with zero attached hydrogens (tertiary/aromatic N) is 1. The third kappa shape index (κ3) is 3.42. The van der Waals surface area contributed by atoms with Crippen LogP contribution >= 0.6 is 11.6 Å². The van der Waals surface area contributed by atoms with Crippen LogP contribution in [-0.2, 0) is 11.3 Å². The van der Waals surface area contributed by atoms with Gasteiger partial charge in [0.25, 0.3) is 0 Å². The molecule has 1 heterocycles. The summed E-state index contributed by atoms with van der Waals surface area (Å²) in [5.41, 5.74) is 0.833. The van der Waals surface area contributed by atoms with E-state index in [-0.39, 0.29) is 5.82 Å². The first-order chi connectivity index (χ1) is 8.70. The highest BCUT2D eigenvalue weighted by molar-refractivity contribution is 6.31. The zero-order valence-corrected chi connectivity index (χ0v) is 11.2. The fraction of sp³-hybridized carbons (Fsp3) is 0.538. The molecule has 5 heteroatoms. The predicted molar refractivity (Wildman–Crippen MR) is 70.4 cm³/mol. The minimum atomic E-state index is -0.243. The molecule has 0 radical (unpaired) electrons. The maximum Gasteiger partial charge on any atom is 0.123 e. The molecule has 0 spiro atoms. The van der Waals surface area contributed by atoms with E-state index in [9.17, 15) is 4.39 Å². The number of benzene rings is 1. The number of likely N-dealkylation sites (N-methyl/N-ethyl adjacent to an activating group) is 1. The van der Waals surface area contributed by atoms with Crippen LogP contribution in [0.1, 0.15) is 5.56 Å². The summed E-state index contributed by atoms with van der Waals surface area (Å²) >= 11 is 6.10. The van der Waals surface area contributed by atoms with E-state index in [1.165, 1.54) is 12.1 Å². The summed E-state index contributed by atoms with van der Waals surface area (Å²) in [6.45, 7) is 3.78. The first kappa shape index (κ1) is 13.7. The second kappa shape index (κ2) is 6.48. The molecule has 18 heavy (non-hydrogen) atoms. The molecule has 1 unspecified atom stereocenters. The van der Waals surface area contributed by atoms with Gasteiger partial charge in [0.1, 0.15) is 5.82 Å². The van der Waals surface area contributed by atoms with Crippen LogP contribution in [0.25, 0.3) is 0 Å². The smallest absolute Gasteiger partial charge is 0.123 e. The normalized spacial score (nSPS) is 21.2. The molecule has 1 saturated heterocycles. The molecule has 1 N–H and O–H groups in total. The maximum absolute atomic E-state index is 13.2. The average Bonchev–Trinajstić information content (AvgIpc) is 2.36. The molecule has 2 rings (SSSR count). The SMILES string of the molecule is CNCC1COCCN1Cc1cc(F)ccc1Cl. The maximum atomic E-state index is 13.2. The average molecular weight is 273 g/mol. The van der Waals surface area contributed by atoms with Crippen molar-refractivity contribution in [1.82, 2.24) is 10.2 Å². The van der Waals surface area contributed by atoms with Gasteiger partial charge in [-0.05, 0) is 30.8 Å². The van der Waals surface area contributed by atoms with E-state index in [2.05, 4.69) is 10.2 Å². The van der Waals surface area contributed by atoms with E-state index in [1.54, 1.807) is 6.07 Å². The summed E-state index contributed by atoms with van der Waals surface area (Å²) in [5.74, 6) is -0.243. The largest absolute Gasteiger partial charge is 0.378 e. The van der Waals surface area contributed by atoms with Crippen LogP contribution in [0, 0.1) is 5.82 Å². The standard InChI is InChI=1S/C13H18ClFN2O/c1-16-7-12-9-18-5-4-17(12)8-10-6-11(15)2-3-13(10)14/h2-3,6,12,16H,4-5,7-9H2,1H3.